The predicted molar refractivity (Wildman–Crippen MR) is 75.3 cm³/mol. The van der Waals surface area contributed by atoms with Crippen LogP contribution in [0.4, 0.5) is 5.95 Å². The van der Waals surface area contributed by atoms with Crippen molar-refractivity contribution in [3.63, 3.8) is 0 Å². The molecule has 1 spiro atoms. The molecule has 2 heterocycles. The van der Waals surface area contributed by atoms with Crippen molar-refractivity contribution in [3.8, 4) is 0 Å². The molecule has 0 bridgehead atoms. The number of hydrogen-bond acceptors (Lipinski definition) is 4. The van der Waals surface area contributed by atoms with E-state index in [1.807, 2.05) is 0 Å². The minimum Gasteiger partial charge on any atom is -0.396 e. The fourth-order valence-corrected chi connectivity index (χ4v) is 3.51. The van der Waals surface area contributed by atoms with Crippen LogP contribution >= 0.6 is 11.6 Å². The molecule has 0 radical (unpaired) electrons. The SMILES string of the molecule is OCCCC1CC12CCN(c1ncc(Cl)cn1)CC2. The van der Waals surface area contributed by atoms with E-state index in [-0.39, 0.29) is 0 Å². The van der Waals surface area contributed by atoms with Crippen molar-refractivity contribution in [1.82, 2.24) is 9.97 Å². The van der Waals surface area contributed by atoms with Gasteiger partial charge in [0, 0.05) is 19.7 Å². The zero-order chi connectivity index (χ0) is 13.3. The van der Waals surface area contributed by atoms with Crippen LogP contribution in [-0.4, -0.2) is 34.8 Å². The van der Waals surface area contributed by atoms with Crippen LogP contribution in [0.5, 0.6) is 0 Å². The minimum atomic E-state index is 0.331. The van der Waals surface area contributed by atoms with Crippen molar-refractivity contribution >= 4 is 17.5 Å². The Labute approximate surface area is 118 Å². The molecule has 1 aromatic heterocycles. The molecule has 1 aromatic rings. The molecule has 2 fully saturated rings. The monoisotopic (exact) mass is 281 g/mol. The quantitative estimate of drug-likeness (QED) is 0.921. The highest BCUT2D eigenvalue weighted by molar-refractivity contribution is 6.30. The average molecular weight is 282 g/mol. The van der Waals surface area contributed by atoms with Crippen molar-refractivity contribution in [3.05, 3.63) is 17.4 Å². The van der Waals surface area contributed by atoms with E-state index < -0.39 is 0 Å². The summed E-state index contributed by atoms with van der Waals surface area (Å²) in [4.78, 5) is 10.8. The van der Waals surface area contributed by atoms with Gasteiger partial charge in [0.1, 0.15) is 0 Å². The molecule has 1 aliphatic carbocycles. The van der Waals surface area contributed by atoms with Gasteiger partial charge in [0.15, 0.2) is 0 Å². The molecule has 1 N–H and O–H groups in total. The first kappa shape index (κ1) is 13.1. The second kappa shape index (κ2) is 5.25. The second-order valence-electron chi connectivity index (χ2n) is 5.82. The normalized spacial score (nSPS) is 24.7. The van der Waals surface area contributed by atoms with Gasteiger partial charge in [-0.05, 0) is 43.4 Å². The Balaban J connectivity index is 1.54. The molecule has 1 atom stereocenters. The zero-order valence-electron chi connectivity index (χ0n) is 11.1. The lowest BCUT2D eigenvalue weighted by Gasteiger charge is -2.33. The van der Waals surface area contributed by atoms with Gasteiger partial charge < -0.3 is 10.0 Å². The van der Waals surface area contributed by atoms with Crippen LogP contribution in [0.15, 0.2) is 12.4 Å². The number of aliphatic hydroxyl groups is 1. The number of halogens is 1. The second-order valence-corrected chi connectivity index (χ2v) is 6.25. The van der Waals surface area contributed by atoms with Crippen molar-refractivity contribution < 1.29 is 5.11 Å². The molecule has 0 aromatic carbocycles. The van der Waals surface area contributed by atoms with Gasteiger partial charge in [-0.25, -0.2) is 9.97 Å². The molecular formula is C14H20ClN3O. The van der Waals surface area contributed by atoms with Crippen LogP contribution in [-0.2, 0) is 0 Å². The lowest BCUT2D eigenvalue weighted by atomic mass is 9.90. The molecule has 19 heavy (non-hydrogen) atoms. The average Bonchev–Trinajstić information content (AvgIpc) is 3.11. The topological polar surface area (TPSA) is 49.2 Å². The van der Waals surface area contributed by atoms with Gasteiger partial charge in [-0.3, -0.25) is 0 Å². The summed E-state index contributed by atoms with van der Waals surface area (Å²) < 4.78 is 0. The van der Waals surface area contributed by atoms with E-state index in [0.29, 0.717) is 17.0 Å². The van der Waals surface area contributed by atoms with Crippen LogP contribution in [0.25, 0.3) is 0 Å². The fraction of sp³-hybridized carbons (Fsp3) is 0.714. The number of aliphatic hydroxyl groups excluding tert-OH is 1. The maximum Gasteiger partial charge on any atom is 0.225 e. The van der Waals surface area contributed by atoms with Gasteiger partial charge in [0.05, 0.1) is 17.4 Å². The van der Waals surface area contributed by atoms with Crippen LogP contribution in [0.2, 0.25) is 5.02 Å². The Morgan fingerprint density at radius 3 is 2.63 bits per heavy atom. The van der Waals surface area contributed by atoms with Gasteiger partial charge in [-0.2, -0.15) is 0 Å². The number of piperidine rings is 1. The minimum absolute atomic E-state index is 0.331. The summed E-state index contributed by atoms with van der Waals surface area (Å²) in [5.41, 5.74) is 0.568. The molecule has 1 saturated carbocycles. The zero-order valence-corrected chi connectivity index (χ0v) is 11.8. The van der Waals surface area contributed by atoms with E-state index >= 15 is 0 Å². The first-order valence-electron chi connectivity index (χ1n) is 7.07. The molecule has 3 rings (SSSR count). The Kier molecular flexibility index (Phi) is 3.63. The summed E-state index contributed by atoms with van der Waals surface area (Å²) >= 11 is 5.81. The van der Waals surface area contributed by atoms with Crippen molar-refractivity contribution in [1.29, 1.82) is 0 Å². The third-order valence-electron chi connectivity index (χ3n) is 4.72. The third kappa shape index (κ3) is 2.70. The molecule has 1 saturated heterocycles. The highest BCUT2D eigenvalue weighted by Gasteiger charge is 2.53. The number of rotatable bonds is 4. The highest BCUT2D eigenvalue weighted by atomic mass is 35.5. The van der Waals surface area contributed by atoms with Crippen molar-refractivity contribution in [2.45, 2.75) is 32.1 Å². The third-order valence-corrected chi connectivity index (χ3v) is 4.91. The summed E-state index contributed by atoms with van der Waals surface area (Å²) in [6, 6.07) is 0. The van der Waals surface area contributed by atoms with Crippen molar-refractivity contribution in [2.24, 2.45) is 11.3 Å². The van der Waals surface area contributed by atoms with E-state index in [0.717, 1.165) is 31.4 Å². The lowest BCUT2D eigenvalue weighted by molar-refractivity contribution is 0.269. The molecule has 0 amide bonds. The summed E-state index contributed by atoms with van der Waals surface area (Å²) in [6.45, 7) is 2.41. The lowest BCUT2D eigenvalue weighted by Crippen LogP contribution is -2.36. The summed E-state index contributed by atoms with van der Waals surface area (Å²) in [7, 11) is 0. The van der Waals surface area contributed by atoms with Gasteiger partial charge in [0.25, 0.3) is 0 Å². The summed E-state index contributed by atoms with van der Waals surface area (Å²) in [5.74, 6) is 1.64. The molecule has 104 valence electrons. The van der Waals surface area contributed by atoms with E-state index in [1.54, 1.807) is 12.4 Å². The predicted octanol–water partition coefficient (Wildman–Crippen LogP) is 2.51. The Bertz CT molecular complexity index is 429. The number of aromatic nitrogens is 2. The first-order valence-corrected chi connectivity index (χ1v) is 7.45. The highest BCUT2D eigenvalue weighted by Crippen LogP contribution is 2.61. The largest absolute Gasteiger partial charge is 0.396 e. The fourth-order valence-electron chi connectivity index (χ4n) is 3.41. The van der Waals surface area contributed by atoms with E-state index in [1.165, 1.54) is 25.7 Å². The van der Waals surface area contributed by atoms with Crippen LogP contribution in [0.3, 0.4) is 0 Å². The Morgan fingerprint density at radius 2 is 2.00 bits per heavy atom. The first-order chi connectivity index (χ1) is 9.23. The standard InChI is InChI=1S/C14H20ClN3O/c15-12-9-16-13(17-10-12)18-5-3-14(4-6-18)8-11(14)2-1-7-19/h9-11,19H,1-8H2. The Morgan fingerprint density at radius 1 is 1.32 bits per heavy atom. The summed E-state index contributed by atoms with van der Waals surface area (Å²) in [6.07, 6.45) is 9.28. The molecule has 2 aliphatic rings. The number of hydrogen-bond donors (Lipinski definition) is 1. The number of anilines is 1. The molecule has 1 aliphatic heterocycles. The van der Waals surface area contributed by atoms with Gasteiger partial charge in [-0.1, -0.05) is 11.6 Å². The molecule has 4 nitrogen and oxygen atoms in total. The van der Waals surface area contributed by atoms with Crippen molar-refractivity contribution in [2.75, 3.05) is 24.6 Å². The van der Waals surface area contributed by atoms with E-state index in [4.69, 9.17) is 16.7 Å². The number of nitrogens with zero attached hydrogens (tertiary/aromatic N) is 3. The smallest absolute Gasteiger partial charge is 0.225 e. The van der Waals surface area contributed by atoms with Gasteiger partial charge in [0.2, 0.25) is 5.95 Å². The molecular weight excluding hydrogens is 262 g/mol. The molecule has 1 unspecified atom stereocenters. The molecule has 5 heteroatoms. The van der Waals surface area contributed by atoms with E-state index in [9.17, 15) is 0 Å². The maximum atomic E-state index is 8.91. The summed E-state index contributed by atoms with van der Waals surface area (Å²) in [5, 5.41) is 9.49. The van der Waals surface area contributed by atoms with E-state index in [2.05, 4.69) is 14.9 Å². The Hall–Kier alpha value is -0.870. The van der Waals surface area contributed by atoms with Crippen LogP contribution in [0, 0.1) is 11.3 Å². The maximum absolute atomic E-state index is 8.91. The van der Waals surface area contributed by atoms with Crippen LogP contribution in [0.1, 0.15) is 32.1 Å². The van der Waals surface area contributed by atoms with Gasteiger partial charge in [-0.15, -0.1) is 0 Å². The van der Waals surface area contributed by atoms with Gasteiger partial charge >= 0.3 is 0 Å². The van der Waals surface area contributed by atoms with Crippen LogP contribution < -0.4 is 4.90 Å².